The Kier molecular flexibility index (Phi) is 4.99. The molecule has 0 saturated heterocycles. The molecule has 27 heavy (non-hydrogen) atoms. The number of nitriles is 3. The highest BCUT2D eigenvalue weighted by Gasteiger charge is 2.54. The molecule has 3 rings (SSSR count). The van der Waals surface area contributed by atoms with Gasteiger partial charge in [0.05, 0.1) is 23.4 Å². The molecule has 1 aromatic rings. The summed E-state index contributed by atoms with van der Waals surface area (Å²) in [6.07, 6.45) is 2.02. The molecule has 1 aliphatic heterocycles. The Balaban J connectivity index is 2.29. The molecule has 0 amide bonds. The van der Waals surface area contributed by atoms with Gasteiger partial charge in [0.2, 0.25) is 0 Å². The van der Waals surface area contributed by atoms with Gasteiger partial charge < -0.3 is 5.73 Å². The Hall–Kier alpha value is -2.78. The van der Waals surface area contributed by atoms with E-state index in [4.69, 9.17) is 17.3 Å². The molecular weight excluding hydrogens is 358 g/mol. The zero-order valence-corrected chi connectivity index (χ0v) is 16.0. The largest absolute Gasteiger partial charge is 0.399 e. The first-order chi connectivity index (χ1) is 12.9. The van der Waals surface area contributed by atoms with Crippen LogP contribution in [0.5, 0.6) is 0 Å². The molecule has 136 valence electrons. The van der Waals surface area contributed by atoms with Gasteiger partial charge in [0.1, 0.15) is 6.07 Å². The molecule has 0 bridgehead atoms. The minimum atomic E-state index is -1.60. The van der Waals surface area contributed by atoms with Gasteiger partial charge in [-0.05, 0) is 37.1 Å². The lowest BCUT2D eigenvalue weighted by Crippen LogP contribution is -2.49. The standard InChI is InChI=1S/C21H20ClN5/c1-13(2)27-8-7-16-17(9-23)20(26)21(11-24,12-25)19(18(16)10-27)14-3-5-15(22)6-4-14/h3-7,13,18-19H,8,10,26H2,1-2H3. The van der Waals surface area contributed by atoms with Gasteiger partial charge in [-0.25, -0.2) is 0 Å². The summed E-state index contributed by atoms with van der Waals surface area (Å²) in [5.41, 5.74) is 6.67. The third-order valence-electron chi connectivity index (χ3n) is 5.65. The molecule has 0 spiro atoms. The summed E-state index contributed by atoms with van der Waals surface area (Å²) in [6.45, 7) is 5.58. The maximum atomic E-state index is 10.0. The third kappa shape index (κ3) is 2.88. The molecule has 0 aromatic heterocycles. The van der Waals surface area contributed by atoms with Crippen LogP contribution in [0, 0.1) is 45.3 Å². The number of hydrogen-bond acceptors (Lipinski definition) is 5. The predicted molar refractivity (Wildman–Crippen MR) is 103 cm³/mol. The van der Waals surface area contributed by atoms with Crippen LogP contribution in [0.25, 0.3) is 0 Å². The molecule has 2 atom stereocenters. The first-order valence-corrected chi connectivity index (χ1v) is 9.20. The predicted octanol–water partition coefficient (Wildman–Crippen LogP) is 3.47. The molecule has 0 radical (unpaired) electrons. The van der Waals surface area contributed by atoms with Gasteiger partial charge in [0.15, 0.2) is 5.41 Å². The fraction of sp³-hybridized carbons (Fsp3) is 0.381. The van der Waals surface area contributed by atoms with Crippen molar-refractivity contribution in [3.63, 3.8) is 0 Å². The maximum Gasteiger partial charge on any atom is 0.191 e. The molecule has 5 nitrogen and oxygen atoms in total. The molecule has 2 aliphatic rings. The maximum absolute atomic E-state index is 10.0. The van der Waals surface area contributed by atoms with Crippen LogP contribution in [0.1, 0.15) is 25.3 Å². The minimum absolute atomic E-state index is 0.0513. The fourth-order valence-corrected chi connectivity index (χ4v) is 4.30. The fourth-order valence-electron chi connectivity index (χ4n) is 4.17. The van der Waals surface area contributed by atoms with Crippen LogP contribution in [0.15, 0.2) is 47.2 Å². The monoisotopic (exact) mass is 377 g/mol. The van der Waals surface area contributed by atoms with E-state index >= 15 is 0 Å². The second kappa shape index (κ2) is 7.09. The van der Waals surface area contributed by atoms with Gasteiger partial charge in [0, 0.05) is 36.0 Å². The summed E-state index contributed by atoms with van der Waals surface area (Å²) in [6, 6.07) is 13.9. The van der Waals surface area contributed by atoms with Gasteiger partial charge in [-0.3, -0.25) is 4.90 Å². The Labute approximate surface area is 164 Å². The topological polar surface area (TPSA) is 101 Å². The Morgan fingerprint density at radius 2 is 1.81 bits per heavy atom. The van der Waals surface area contributed by atoms with E-state index < -0.39 is 11.3 Å². The quantitative estimate of drug-likeness (QED) is 0.850. The molecule has 1 heterocycles. The molecule has 1 aliphatic carbocycles. The lowest BCUT2D eigenvalue weighted by molar-refractivity contribution is 0.174. The number of nitrogens with zero attached hydrogens (tertiary/aromatic N) is 4. The van der Waals surface area contributed by atoms with E-state index in [1.54, 1.807) is 12.1 Å². The molecule has 2 unspecified atom stereocenters. The Bertz CT molecular complexity index is 923. The van der Waals surface area contributed by atoms with Crippen LogP contribution in [0.4, 0.5) is 0 Å². The first kappa shape index (κ1) is 19.0. The number of rotatable bonds is 2. The van der Waals surface area contributed by atoms with E-state index in [0.29, 0.717) is 24.2 Å². The second-order valence-corrected chi connectivity index (χ2v) is 7.71. The normalized spacial score (nSPS) is 24.4. The van der Waals surface area contributed by atoms with Crippen molar-refractivity contribution >= 4 is 11.6 Å². The summed E-state index contributed by atoms with van der Waals surface area (Å²) < 4.78 is 0. The molecule has 0 fully saturated rings. The first-order valence-electron chi connectivity index (χ1n) is 8.82. The van der Waals surface area contributed by atoms with Gasteiger partial charge in [0.25, 0.3) is 0 Å². The van der Waals surface area contributed by atoms with Crippen molar-refractivity contribution in [3.05, 3.63) is 57.8 Å². The average Bonchev–Trinajstić information content (AvgIpc) is 2.67. The van der Waals surface area contributed by atoms with Gasteiger partial charge in [-0.15, -0.1) is 0 Å². The van der Waals surface area contributed by atoms with Crippen molar-refractivity contribution in [2.75, 3.05) is 13.1 Å². The highest BCUT2D eigenvalue weighted by Crippen LogP contribution is 2.54. The van der Waals surface area contributed by atoms with Crippen LogP contribution < -0.4 is 5.73 Å². The van der Waals surface area contributed by atoms with Crippen molar-refractivity contribution in [1.29, 1.82) is 15.8 Å². The Morgan fingerprint density at radius 3 is 2.33 bits per heavy atom. The van der Waals surface area contributed by atoms with Crippen molar-refractivity contribution in [2.45, 2.75) is 25.8 Å². The number of benzene rings is 1. The van der Waals surface area contributed by atoms with E-state index in [1.165, 1.54) is 0 Å². The average molecular weight is 378 g/mol. The zero-order chi connectivity index (χ0) is 19.8. The van der Waals surface area contributed by atoms with Crippen LogP contribution in [-0.4, -0.2) is 24.0 Å². The van der Waals surface area contributed by atoms with E-state index in [9.17, 15) is 15.8 Å². The highest BCUT2D eigenvalue weighted by molar-refractivity contribution is 6.30. The van der Waals surface area contributed by atoms with Gasteiger partial charge in [-0.2, -0.15) is 15.8 Å². The van der Waals surface area contributed by atoms with Crippen molar-refractivity contribution in [1.82, 2.24) is 4.90 Å². The summed E-state index contributed by atoms with van der Waals surface area (Å²) in [5, 5.41) is 30.3. The van der Waals surface area contributed by atoms with Crippen molar-refractivity contribution < 1.29 is 0 Å². The van der Waals surface area contributed by atoms with Crippen molar-refractivity contribution in [2.24, 2.45) is 17.1 Å². The third-order valence-corrected chi connectivity index (χ3v) is 5.90. The van der Waals surface area contributed by atoms with E-state index in [-0.39, 0.29) is 17.2 Å². The number of nitrogens with two attached hydrogens (primary N) is 1. The van der Waals surface area contributed by atoms with Crippen LogP contribution in [0.3, 0.4) is 0 Å². The summed E-state index contributed by atoms with van der Waals surface area (Å²) in [7, 11) is 0. The number of allylic oxidation sites excluding steroid dienone is 2. The molecule has 0 saturated carbocycles. The zero-order valence-electron chi connectivity index (χ0n) is 15.3. The summed E-state index contributed by atoms with van der Waals surface area (Å²) >= 11 is 6.04. The smallest absolute Gasteiger partial charge is 0.191 e. The van der Waals surface area contributed by atoms with E-state index in [1.807, 2.05) is 18.2 Å². The van der Waals surface area contributed by atoms with E-state index in [0.717, 1.165) is 11.1 Å². The van der Waals surface area contributed by atoms with Gasteiger partial charge >= 0.3 is 0 Å². The van der Waals surface area contributed by atoms with Crippen molar-refractivity contribution in [3.8, 4) is 18.2 Å². The number of halogens is 1. The van der Waals surface area contributed by atoms with Crippen LogP contribution in [0.2, 0.25) is 5.02 Å². The molecule has 2 N–H and O–H groups in total. The number of fused-ring (bicyclic) bond motifs is 1. The summed E-state index contributed by atoms with van der Waals surface area (Å²) in [5.74, 6) is -0.654. The van der Waals surface area contributed by atoms with E-state index in [2.05, 4.69) is 37.0 Å². The van der Waals surface area contributed by atoms with Crippen LogP contribution in [-0.2, 0) is 0 Å². The second-order valence-electron chi connectivity index (χ2n) is 7.27. The molecule has 1 aromatic carbocycles. The lowest BCUT2D eigenvalue weighted by Gasteiger charge is -2.46. The SMILES string of the molecule is CC(C)N1CC=C2C(C#N)=C(N)C(C#N)(C#N)C(c3ccc(Cl)cc3)C2C1. The number of hydrogen-bond donors (Lipinski definition) is 1. The Morgan fingerprint density at radius 1 is 1.19 bits per heavy atom. The van der Waals surface area contributed by atoms with Gasteiger partial charge in [-0.1, -0.05) is 29.8 Å². The molecule has 6 heteroatoms. The highest BCUT2D eigenvalue weighted by atomic mass is 35.5. The minimum Gasteiger partial charge on any atom is -0.399 e. The van der Waals surface area contributed by atoms with Crippen LogP contribution >= 0.6 is 11.6 Å². The lowest BCUT2D eigenvalue weighted by atomic mass is 9.58. The molecular formula is C21H20ClN5. The summed E-state index contributed by atoms with van der Waals surface area (Å²) in [4.78, 5) is 2.27.